The van der Waals surface area contributed by atoms with Gasteiger partial charge in [-0.2, -0.15) is 0 Å². The highest BCUT2D eigenvalue weighted by atomic mass is 35.5. The Morgan fingerprint density at radius 1 is 1.10 bits per heavy atom. The summed E-state index contributed by atoms with van der Waals surface area (Å²) < 4.78 is 25.3. The largest absolute Gasteiger partial charge is 0.350 e. The van der Waals surface area contributed by atoms with E-state index < -0.39 is 15.9 Å². The van der Waals surface area contributed by atoms with Crippen LogP contribution in [0.2, 0.25) is 10.0 Å². The predicted octanol–water partition coefficient (Wildman–Crippen LogP) is 3.20. The SMILES string of the molecule is CS(=O)(=O)N(CC(=O)NCc1ccc(CN2CCCC2=O)cc1)c1ccc(Cl)c(Cl)c1. The second-order valence-electron chi connectivity index (χ2n) is 7.38. The molecule has 2 aromatic carbocycles. The molecule has 2 aromatic rings. The molecule has 0 atom stereocenters. The number of hydrogen-bond donors (Lipinski definition) is 1. The Morgan fingerprint density at radius 2 is 1.77 bits per heavy atom. The third-order valence-electron chi connectivity index (χ3n) is 4.94. The van der Waals surface area contributed by atoms with Crippen LogP contribution in [0.3, 0.4) is 0 Å². The van der Waals surface area contributed by atoms with Crippen molar-refractivity contribution in [3.05, 3.63) is 63.6 Å². The van der Waals surface area contributed by atoms with E-state index in [4.69, 9.17) is 23.2 Å². The molecule has 0 saturated carbocycles. The first-order valence-electron chi connectivity index (χ1n) is 9.68. The molecule has 0 bridgehead atoms. The van der Waals surface area contributed by atoms with E-state index in [0.717, 1.165) is 34.7 Å². The number of sulfonamides is 1. The minimum atomic E-state index is -3.71. The molecule has 31 heavy (non-hydrogen) atoms. The van der Waals surface area contributed by atoms with Gasteiger partial charge in [-0.25, -0.2) is 8.42 Å². The van der Waals surface area contributed by atoms with Crippen molar-refractivity contribution in [2.24, 2.45) is 0 Å². The monoisotopic (exact) mass is 483 g/mol. The zero-order chi connectivity index (χ0) is 22.6. The highest BCUT2D eigenvalue weighted by Crippen LogP contribution is 2.28. The number of amides is 2. The molecule has 1 N–H and O–H groups in total. The maximum atomic E-state index is 12.4. The van der Waals surface area contributed by atoms with E-state index in [1.165, 1.54) is 18.2 Å². The molecule has 1 heterocycles. The summed E-state index contributed by atoms with van der Waals surface area (Å²) in [5.74, 6) is -0.281. The molecule has 2 amide bonds. The number of carbonyl (C=O) groups excluding carboxylic acids is 2. The van der Waals surface area contributed by atoms with Gasteiger partial charge in [-0.3, -0.25) is 13.9 Å². The number of nitrogens with one attached hydrogen (secondary N) is 1. The number of halogens is 2. The summed E-state index contributed by atoms with van der Waals surface area (Å²) in [6, 6.07) is 12.0. The first kappa shape index (κ1) is 23.4. The molecule has 166 valence electrons. The third-order valence-corrected chi connectivity index (χ3v) is 6.82. The van der Waals surface area contributed by atoms with E-state index in [-0.39, 0.29) is 29.7 Å². The van der Waals surface area contributed by atoms with E-state index in [0.29, 0.717) is 18.0 Å². The first-order chi connectivity index (χ1) is 14.6. The highest BCUT2D eigenvalue weighted by Gasteiger charge is 2.22. The molecular weight excluding hydrogens is 461 g/mol. The maximum Gasteiger partial charge on any atom is 0.241 e. The summed E-state index contributed by atoms with van der Waals surface area (Å²) in [5, 5.41) is 3.22. The van der Waals surface area contributed by atoms with Crippen LogP contribution in [-0.4, -0.2) is 44.5 Å². The summed E-state index contributed by atoms with van der Waals surface area (Å²) in [6.07, 6.45) is 2.53. The zero-order valence-corrected chi connectivity index (χ0v) is 19.3. The van der Waals surface area contributed by atoms with Crippen molar-refractivity contribution in [2.75, 3.05) is 23.7 Å². The predicted molar refractivity (Wildman–Crippen MR) is 122 cm³/mol. The van der Waals surface area contributed by atoms with Gasteiger partial charge in [-0.05, 0) is 35.7 Å². The lowest BCUT2D eigenvalue weighted by atomic mass is 10.1. The standard InChI is InChI=1S/C21H23Cl2N3O4S/c1-31(29,30)26(17-8-9-18(22)19(23)11-17)14-20(27)24-12-15-4-6-16(7-5-15)13-25-10-2-3-21(25)28/h4-9,11H,2-3,10,12-14H2,1H3,(H,24,27). The fourth-order valence-corrected chi connectivity index (χ4v) is 4.42. The number of hydrogen-bond acceptors (Lipinski definition) is 4. The second kappa shape index (κ2) is 9.89. The summed E-state index contributed by atoms with van der Waals surface area (Å²) in [7, 11) is -3.71. The smallest absolute Gasteiger partial charge is 0.241 e. The summed E-state index contributed by atoms with van der Waals surface area (Å²) in [5.41, 5.74) is 2.14. The summed E-state index contributed by atoms with van der Waals surface area (Å²) in [6.45, 7) is 1.23. The van der Waals surface area contributed by atoms with E-state index in [2.05, 4.69) is 5.32 Å². The lowest BCUT2D eigenvalue weighted by molar-refractivity contribution is -0.128. The Balaban J connectivity index is 1.58. The van der Waals surface area contributed by atoms with Crippen LogP contribution >= 0.6 is 23.2 Å². The van der Waals surface area contributed by atoms with Crippen molar-refractivity contribution in [1.29, 1.82) is 0 Å². The lowest BCUT2D eigenvalue weighted by Gasteiger charge is -2.22. The van der Waals surface area contributed by atoms with Gasteiger partial charge in [0, 0.05) is 26.1 Å². The van der Waals surface area contributed by atoms with Crippen molar-refractivity contribution < 1.29 is 18.0 Å². The Kier molecular flexibility index (Phi) is 7.46. The van der Waals surface area contributed by atoms with Crippen LogP contribution in [0.25, 0.3) is 0 Å². The Hall–Kier alpha value is -2.29. The normalized spacial score (nSPS) is 14.0. The van der Waals surface area contributed by atoms with Crippen molar-refractivity contribution in [2.45, 2.75) is 25.9 Å². The average Bonchev–Trinajstić information content (AvgIpc) is 3.11. The van der Waals surface area contributed by atoms with Crippen molar-refractivity contribution in [3.63, 3.8) is 0 Å². The molecule has 0 radical (unpaired) electrons. The molecule has 0 aliphatic carbocycles. The fourth-order valence-electron chi connectivity index (χ4n) is 3.28. The second-order valence-corrected chi connectivity index (χ2v) is 10.1. The minimum absolute atomic E-state index is 0.175. The quantitative estimate of drug-likeness (QED) is 0.624. The molecule has 1 saturated heterocycles. The molecular formula is C21H23Cl2N3O4S. The number of carbonyl (C=O) groups is 2. The number of nitrogens with zero attached hydrogens (tertiary/aromatic N) is 2. The van der Waals surface area contributed by atoms with Gasteiger partial charge >= 0.3 is 0 Å². The van der Waals surface area contributed by atoms with E-state index >= 15 is 0 Å². The van der Waals surface area contributed by atoms with Crippen LogP contribution in [0.15, 0.2) is 42.5 Å². The Morgan fingerprint density at radius 3 is 2.35 bits per heavy atom. The summed E-state index contributed by atoms with van der Waals surface area (Å²) >= 11 is 11.9. The number of likely N-dealkylation sites (tertiary alicyclic amines) is 1. The van der Waals surface area contributed by atoms with Crippen LogP contribution in [0.4, 0.5) is 5.69 Å². The van der Waals surface area contributed by atoms with Gasteiger partial charge < -0.3 is 10.2 Å². The van der Waals surface area contributed by atoms with Crippen LogP contribution < -0.4 is 9.62 Å². The van der Waals surface area contributed by atoms with Gasteiger partial charge in [0.05, 0.1) is 22.0 Å². The van der Waals surface area contributed by atoms with Crippen LogP contribution in [-0.2, 0) is 32.7 Å². The van der Waals surface area contributed by atoms with E-state index in [1.807, 2.05) is 29.2 Å². The summed E-state index contributed by atoms with van der Waals surface area (Å²) in [4.78, 5) is 26.0. The molecule has 0 aromatic heterocycles. The van der Waals surface area contributed by atoms with Crippen LogP contribution in [0.1, 0.15) is 24.0 Å². The topological polar surface area (TPSA) is 86.8 Å². The molecule has 3 rings (SSSR count). The lowest BCUT2D eigenvalue weighted by Crippen LogP contribution is -2.40. The first-order valence-corrected chi connectivity index (χ1v) is 12.3. The Bertz CT molecular complexity index is 1070. The minimum Gasteiger partial charge on any atom is -0.350 e. The van der Waals surface area contributed by atoms with Crippen molar-refractivity contribution in [3.8, 4) is 0 Å². The van der Waals surface area contributed by atoms with Gasteiger partial charge in [0.15, 0.2) is 0 Å². The number of rotatable bonds is 8. The zero-order valence-electron chi connectivity index (χ0n) is 17.0. The number of benzene rings is 2. The maximum absolute atomic E-state index is 12.4. The molecule has 1 fully saturated rings. The number of anilines is 1. The molecule has 0 spiro atoms. The van der Waals surface area contributed by atoms with Crippen molar-refractivity contribution >= 4 is 50.7 Å². The van der Waals surface area contributed by atoms with Gasteiger partial charge in [-0.15, -0.1) is 0 Å². The van der Waals surface area contributed by atoms with E-state index in [1.54, 1.807) is 0 Å². The van der Waals surface area contributed by atoms with Gasteiger partial charge in [0.25, 0.3) is 0 Å². The third kappa shape index (κ3) is 6.35. The Labute approximate surface area is 192 Å². The fraction of sp³-hybridized carbons (Fsp3) is 0.333. The van der Waals surface area contributed by atoms with Gasteiger partial charge in [-0.1, -0.05) is 47.5 Å². The molecule has 7 nitrogen and oxygen atoms in total. The van der Waals surface area contributed by atoms with Crippen LogP contribution in [0, 0.1) is 0 Å². The van der Waals surface area contributed by atoms with Crippen molar-refractivity contribution in [1.82, 2.24) is 10.2 Å². The average molecular weight is 484 g/mol. The molecule has 1 aliphatic heterocycles. The molecule has 1 aliphatic rings. The van der Waals surface area contributed by atoms with Gasteiger partial charge in [0.1, 0.15) is 6.54 Å². The van der Waals surface area contributed by atoms with Gasteiger partial charge in [0.2, 0.25) is 21.8 Å². The van der Waals surface area contributed by atoms with Crippen LogP contribution in [0.5, 0.6) is 0 Å². The molecule has 10 heteroatoms. The highest BCUT2D eigenvalue weighted by molar-refractivity contribution is 7.92. The molecule has 0 unspecified atom stereocenters. The van der Waals surface area contributed by atoms with E-state index in [9.17, 15) is 18.0 Å².